The molecule has 1 saturated carbocycles. The van der Waals surface area contributed by atoms with Gasteiger partial charge in [-0.15, -0.1) is 0 Å². The van der Waals surface area contributed by atoms with Crippen molar-refractivity contribution in [2.24, 2.45) is 17.3 Å². The maximum absolute atomic E-state index is 13.8. The molecule has 12 heteroatoms. The van der Waals surface area contributed by atoms with E-state index in [9.17, 15) is 28.8 Å². The Morgan fingerprint density at radius 1 is 0.824 bits per heavy atom. The van der Waals surface area contributed by atoms with Crippen molar-refractivity contribution in [3.05, 3.63) is 30.3 Å². The zero-order valence-corrected chi connectivity index (χ0v) is 32.0. The van der Waals surface area contributed by atoms with E-state index in [1.165, 1.54) is 0 Å². The summed E-state index contributed by atoms with van der Waals surface area (Å²) in [5.41, 5.74) is -1.44. The lowest BCUT2D eigenvalue weighted by molar-refractivity contribution is -0.155. The zero-order valence-electron chi connectivity index (χ0n) is 32.0. The minimum Gasteiger partial charge on any atom is -0.460 e. The van der Waals surface area contributed by atoms with Gasteiger partial charge in [-0.3, -0.25) is 19.2 Å². The number of esters is 1. The fourth-order valence-electron chi connectivity index (χ4n) is 6.34. The van der Waals surface area contributed by atoms with E-state index in [2.05, 4.69) is 21.3 Å². The summed E-state index contributed by atoms with van der Waals surface area (Å²) in [7, 11) is 0. The highest BCUT2D eigenvalue weighted by Gasteiger charge is 2.40. The number of amides is 4. The molecule has 286 valence electrons. The number of nitrogens with one attached hydrogen (secondary N) is 4. The number of carbonyl (C=O) groups excluding carboxylic acids is 6. The summed E-state index contributed by atoms with van der Waals surface area (Å²) in [6.45, 7) is 14.5. The Morgan fingerprint density at radius 3 is 1.98 bits per heavy atom. The van der Waals surface area contributed by atoms with Crippen LogP contribution in [0, 0.1) is 17.3 Å². The molecule has 0 spiro atoms. The average Bonchev–Trinajstić information content (AvgIpc) is 3.04. The molecule has 1 aromatic rings. The van der Waals surface area contributed by atoms with Crippen LogP contribution in [0.25, 0.3) is 0 Å². The number of para-hydroxylation sites is 1. The maximum atomic E-state index is 13.8. The Hall–Kier alpha value is -3.96. The molecule has 4 amide bonds. The molecule has 0 bridgehead atoms. The standard InChI is InChI=1S/C39H62N4O8/c1-9-27(4)33(43-37(49)50-29-18-14-13-15-19-29)36(48)41-30(20-21-32(45)51-38(6,7)8)35(47)40-28(5)34(46)42-31(24-26(2)3)39(25-44)22-16-11-10-12-17-23-39/h13-15,18-19,25-28,30-31,33H,9-12,16-17,20-24H2,1-8H3,(H,40,47)(H,41,48)(H,42,46)(H,43,49)/t27-,28-,30-,31-,33-/m0/s1. The summed E-state index contributed by atoms with van der Waals surface area (Å²) in [6, 6.07) is 4.68. The summed E-state index contributed by atoms with van der Waals surface area (Å²) in [4.78, 5) is 79.1. The van der Waals surface area contributed by atoms with Crippen molar-refractivity contribution in [2.45, 2.75) is 156 Å². The lowest BCUT2D eigenvalue weighted by atomic mass is 9.69. The second-order valence-corrected chi connectivity index (χ2v) is 15.4. The zero-order chi connectivity index (χ0) is 38.2. The van der Waals surface area contributed by atoms with Crippen molar-refractivity contribution in [3.8, 4) is 5.75 Å². The maximum Gasteiger partial charge on any atom is 0.413 e. The molecule has 2 rings (SSSR count). The Balaban J connectivity index is 2.25. The van der Waals surface area contributed by atoms with Crippen LogP contribution in [0.4, 0.5) is 4.79 Å². The predicted molar refractivity (Wildman–Crippen MR) is 196 cm³/mol. The summed E-state index contributed by atoms with van der Waals surface area (Å²) < 4.78 is 10.8. The first kappa shape index (κ1) is 43.2. The molecule has 1 aromatic carbocycles. The van der Waals surface area contributed by atoms with Gasteiger partial charge in [0.25, 0.3) is 0 Å². The van der Waals surface area contributed by atoms with Crippen molar-refractivity contribution in [3.63, 3.8) is 0 Å². The second kappa shape index (κ2) is 20.8. The third-order valence-electron chi connectivity index (χ3n) is 9.40. The van der Waals surface area contributed by atoms with Gasteiger partial charge in [-0.1, -0.05) is 84.4 Å². The first-order valence-corrected chi connectivity index (χ1v) is 18.6. The van der Waals surface area contributed by atoms with Crippen molar-refractivity contribution < 1.29 is 38.2 Å². The van der Waals surface area contributed by atoms with E-state index in [4.69, 9.17) is 9.47 Å². The van der Waals surface area contributed by atoms with Crippen LogP contribution in [0.5, 0.6) is 5.75 Å². The van der Waals surface area contributed by atoms with Gasteiger partial charge in [0, 0.05) is 17.9 Å². The molecule has 0 aromatic heterocycles. The lowest BCUT2D eigenvalue weighted by Crippen LogP contribution is -2.59. The van der Waals surface area contributed by atoms with E-state index in [1.807, 2.05) is 20.8 Å². The normalized spacial score (nSPS) is 17.6. The second-order valence-electron chi connectivity index (χ2n) is 15.4. The molecule has 1 aliphatic carbocycles. The molecule has 12 nitrogen and oxygen atoms in total. The number of rotatable bonds is 17. The number of hydrogen-bond donors (Lipinski definition) is 4. The van der Waals surface area contributed by atoms with E-state index in [0.29, 0.717) is 31.4 Å². The van der Waals surface area contributed by atoms with Gasteiger partial charge in [0.2, 0.25) is 17.7 Å². The van der Waals surface area contributed by atoms with Gasteiger partial charge >= 0.3 is 12.1 Å². The average molecular weight is 715 g/mol. The van der Waals surface area contributed by atoms with Crippen LogP contribution in [-0.2, 0) is 28.7 Å². The molecule has 0 saturated heterocycles. The lowest BCUT2D eigenvalue weighted by Gasteiger charge is -2.39. The number of carbonyl (C=O) groups is 6. The highest BCUT2D eigenvalue weighted by atomic mass is 16.6. The predicted octanol–water partition coefficient (Wildman–Crippen LogP) is 5.76. The third kappa shape index (κ3) is 15.0. The number of aldehydes is 1. The van der Waals surface area contributed by atoms with Gasteiger partial charge in [0.05, 0.1) is 0 Å². The van der Waals surface area contributed by atoms with Crippen LogP contribution in [0.1, 0.15) is 126 Å². The largest absolute Gasteiger partial charge is 0.460 e. The van der Waals surface area contributed by atoms with Crippen LogP contribution in [-0.4, -0.2) is 65.8 Å². The molecule has 0 radical (unpaired) electrons. The molecular formula is C39H62N4O8. The molecule has 0 heterocycles. The molecule has 0 aliphatic heterocycles. The molecule has 0 unspecified atom stereocenters. The van der Waals surface area contributed by atoms with Crippen molar-refractivity contribution >= 4 is 36.1 Å². The first-order valence-electron chi connectivity index (χ1n) is 18.6. The highest BCUT2D eigenvalue weighted by Crippen LogP contribution is 2.38. The van der Waals surface area contributed by atoms with Gasteiger partial charge in [-0.2, -0.15) is 0 Å². The van der Waals surface area contributed by atoms with E-state index in [-0.39, 0.29) is 24.7 Å². The van der Waals surface area contributed by atoms with Gasteiger partial charge in [-0.25, -0.2) is 4.79 Å². The summed E-state index contributed by atoms with van der Waals surface area (Å²) in [5, 5.41) is 11.1. The monoisotopic (exact) mass is 714 g/mol. The van der Waals surface area contributed by atoms with E-state index < -0.39 is 65.0 Å². The van der Waals surface area contributed by atoms with E-state index in [1.54, 1.807) is 65.0 Å². The minimum absolute atomic E-state index is 0.118. The Kier molecular flexibility index (Phi) is 17.6. The van der Waals surface area contributed by atoms with Crippen LogP contribution in [0.3, 0.4) is 0 Å². The topological polar surface area (TPSA) is 169 Å². The van der Waals surface area contributed by atoms with Crippen LogP contribution >= 0.6 is 0 Å². The van der Waals surface area contributed by atoms with Gasteiger partial charge in [0.15, 0.2) is 0 Å². The Labute approximate surface area is 304 Å². The number of hydrogen-bond acceptors (Lipinski definition) is 8. The fourth-order valence-corrected chi connectivity index (χ4v) is 6.34. The van der Waals surface area contributed by atoms with Crippen molar-refractivity contribution in [1.82, 2.24) is 21.3 Å². The Morgan fingerprint density at radius 2 is 1.43 bits per heavy atom. The summed E-state index contributed by atoms with van der Waals surface area (Å²) in [5.74, 6) is -2.17. The summed E-state index contributed by atoms with van der Waals surface area (Å²) >= 11 is 0. The van der Waals surface area contributed by atoms with Crippen molar-refractivity contribution in [1.29, 1.82) is 0 Å². The molecule has 51 heavy (non-hydrogen) atoms. The van der Waals surface area contributed by atoms with Crippen LogP contribution in [0.2, 0.25) is 0 Å². The minimum atomic E-state index is -1.24. The van der Waals surface area contributed by atoms with Crippen molar-refractivity contribution in [2.75, 3.05) is 0 Å². The van der Waals surface area contributed by atoms with Gasteiger partial charge < -0.3 is 35.5 Å². The van der Waals surface area contributed by atoms with Gasteiger partial charge in [0.1, 0.15) is 35.8 Å². The number of ether oxygens (including phenoxy) is 2. The Bertz CT molecular complexity index is 1290. The molecule has 5 atom stereocenters. The smallest absolute Gasteiger partial charge is 0.413 e. The highest BCUT2D eigenvalue weighted by molar-refractivity contribution is 5.94. The van der Waals surface area contributed by atoms with E-state index in [0.717, 1.165) is 38.4 Å². The molecule has 1 aliphatic rings. The summed E-state index contributed by atoms with van der Waals surface area (Å²) in [6.07, 6.45) is 7.43. The van der Waals surface area contributed by atoms with Crippen LogP contribution in [0.15, 0.2) is 30.3 Å². The first-order chi connectivity index (χ1) is 24.0. The number of benzene rings is 1. The molecule has 4 N–H and O–H groups in total. The third-order valence-corrected chi connectivity index (χ3v) is 9.40. The van der Waals surface area contributed by atoms with E-state index >= 15 is 0 Å². The van der Waals surface area contributed by atoms with Gasteiger partial charge in [-0.05, 0) is 77.3 Å². The SMILES string of the molecule is CC[C@H](C)[C@H](NC(=O)Oc1ccccc1)C(=O)N[C@@H](CCC(=O)OC(C)(C)C)C(=O)N[C@@H](C)C(=O)N[C@@H](CC(C)C)C1(C=O)CCCCCCC1. The fraction of sp³-hybridized carbons (Fsp3) is 0.692. The van der Waals surface area contributed by atoms with Crippen LogP contribution < -0.4 is 26.0 Å². The molecular weight excluding hydrogens is 652 g/mol. The quantitative estimate of drug-likeness (QED) is 0.117. The molecule has 1 fully saturated rings.